The van der Waals surface area contributed by atoms with Crippen LogP contribution < -0.4 is 5.69 Å². The summed E-state index contributed by atoms with van der Waals surface area (Å²) in [6.07, 6.45) is 4.97. The van der Waals surface area contributed by atoms with Crippen molar-refractivity contribution >= 4 is 11.0 Å². The van der Waals surface area contributed by atoms with Crippen molar-refractivity contribution in [3.05, 3.63) is 77.1 Å². The lowest BCUT2D eigenvalue weighted by Crippen LogP contribution is -2.18. The van der Waals surface area contributed by atoms with Crippen LogP contribution in [0.15, 0.2) is 65.8 Å². The van der Waals surface area contributed by atoms with E-state index < -0.39 is 0 Å². The Labute approximate surface area is 178 Å². The quantitative estimate of drug-likeness (QED) is 0.448. The first-order valence-corrected chi connectivity index (χ1v) is 10.2. The Morgan fingerprint density at radius 3 is 2.61 bits per heavy atom. The summed E-state index contributed by atoms with van der Waals surface area (Å²) < 4.78 is 1.76. The number of aromatic amines is 2. The van der Waals surface area contributed by atoms with E-state index in [4.69, 9.17) is 4.98 Å². The molecule has 154 valence electrons. The SMILES string of the molecule is Cc1cccc(-c2nc(-c3cnccn3)[nH]c2-c2ccc3c(c2)[nH]c(=O)n3C(C)C)c1. The number of rotatable bonds is 4. The van der Waals surface area contributed by atoms with Crippen LogP contribution >= 0.6 is 0 Å². The van der Waals surface area contributed by atoms with Crippen LogP contribution in [0.3, 0.4) is 0 Å². The molecule has 0 radical (unpaired) electrons. The Morgan fingerprint density at radius 1 is 1.00 bits per heavy atom. The zero-order valence-electron chi connectivity index (χ0n) is 17.5. The van der Waals surface area contributed by atoms with Crippen molar-refractivity contribution in [3.63, 3.8) is 0 Å². The zero-order valence-corrected chi connectivity index (χ0v) is 17.5. The van der Waals surface area contributed by atoms with E-state index >= 15 is 0 Å². The van der Waals surface area contributed by atoms with Crippen molar-refractivity contribution in [2.45, 2.75) is 26.8 Å². The van der Waals surface area contributed by atoms with Crippen LogP contribution in [0, 0.1) is 6.92 Å². The Balaban J connectivity index is 1.72. The molecule has 0 aliphatic rings. The highest BCUT2D eigenvalue weighted by molar-refractivity contribution is 5.87. The summed E-state index contributed by atoms with van der Waals surface area (Å²) in [4.78, 5) is 32.2. The maximum atomic E-state index is 12.4. The number of nitrogens with zero attached hydrogens (tertiary/aromatic N) is 4. The number of H-pyrrole nitrogens is 2. The van der Waals surface area contributed by atoms with Crippen LogP contribution in [-0.2, 0) is 0 Å². The van der Waals surface area contributed by atoms with E-state index in [0.29, 0.717) is 11.5 Å². The van der Waals surface area contributed by atoms with Gasteiger partial charge < -0.3 is 9.97 Å². The molecule has 31 heavy (non-hydrogen) atoms. The molecule has 7 heteroatoms. The van der Waals surface area contributed by atoms with Gasteiger partial charge in [-0.2, -0.15) is 0 Å². The fourth-order valence-corrected chi connectivity index (χ4v) is 3.93. The van der Waals surface area contributed by atoms with E-state index in [0.717, 1.165) is 39.1 Å². The first kappa shape index (κ1) is 19.0. The van der Waals surface area contributed by atoms with E-state index in [1.165, 1.54) is 0 Å². The molecule has 0 aliphatic heterocycles. The first-order chi connectivity index (χ1) is 15.0. The molecular formula is C24H22N6O. The van der Waals surface area contributed by atoms with Gasteiger partial charge in [-0.1, -0.05) is 29.8 Å². The van der Waals surface area contributed by atoms with Crippen molar-refractivity contribution in [3.8, 4) is 34.0 Å². The van der Waals surface area contributed by atoms with Crippen LogP contribution in [0.2, 0.25) is 0 Å². The number of imidazole rings is 2. The molecule has 5 rings (SSSR count). The molecule has 3 heterocycles. The topological polar surface area (TPSA) is 92.2 Å². The van der Waals surface area contributed by atoms with Gasteiger partial charge in [0, 0.05) is 29.6 Å². The summed E-state index contributed by atoms with van der Waals surface area (Å²) in [5.41, 5.74) is 7.03. The molecule has 0 amide bonds. The number of aromatic nitrogens is 6. The summed E-state index contributed by atoms with van der Waals surface area (Å²) in [5.74, 6) is 0.646. The number of nitrogens with one attached hydrogen (secondary N) is 2. The van der Waals surface area contributed by atoms with Crippen molar-refractivity contribution in [2.75, 3.05) is 0 Å². The lowest BCUT2D eigenvalue weighted by Gasteiger charge is -2.08. The Kier molecular flexibility index (Phi) is 4.51. The average molecular weight is 410 g/mol. The monoisotopic (exact) mass is 410 g/mol. The van der Waals surface area contributed by atoms with Gasteiger partial charge >= 0.3 is 5.69 Å². The minimum absolute atomic E-state index is 0.0744. The van der Waals surface area contributed by atoms with Crippen molar-refractivity contribution < 1.29 is 0 Å². The first-order valence-electron chi connectivity index (χ1n) is 10.2. The molecule has 5 aromatic rings. The lowest BCUT2D eigenvalue weighted by atomic mass is 10.0. The molecule has 0 unspecified atom stereocenters. The smallest absolute Gasteiger partial charge is 0.326 e. The molecule has 3 aromatic heterocycles. The van der Waals surface area contributed by atoms with Gasteiger partial charge in [-0.25, -0.2) is 14.8 Å². The van der Waals surface area contributed by atoms with Crippen LogP contribution in [0.25, 0.3) is 45.1 Å². The Bertz CT molecular complexity index is 1440. The molecule has 0 saturated heterocycles. The summed E-state index contributed by atoms with van der Waals surface area (Å²) in [6, 6.07) is 14.3. The zero-order chi connectivity index (χ0) is 21.5. The summed E-state index contributed by atoms with van der Waals surface area (Å²) in [6.45, 7) is 6.06. The summed E-state index contributed by atoms with van der Waals surface area (Å²) in [7, 11) is 0. The number of hydrogen-bond acceptors (Lipinski definition) is 4. The molecule has 2 N–H and O–H groups in total. The van der Waals surface area contributed by atoms with E-state index in [-0.39, 0.29) is 11.7 Å². The van der Waals surface area contributed by atoms with Gasteiger partial charge in [0.25, 0.3) is 0 Å². The van der Waals surface area contributed by atoms with Crippen molar-refractivity contribution in [1.29, 1.82) is 0 Å². The van der Waals surface area contributed by atoms with Gasteiger partial charge in [-0.15, -0.1) is 0 Å². The third-order valence-corrected chi connectivity index (χ3v) is 5.32. The maximum Gasteiger partial charge on any atom is 0.326 e. The predicted octanol–water partition coefficient (Wildman–Crippen LogP) is 4.73. The number of aryl methyl sites for hydroxylation is 1. The second-order valence-electron chi connectivity index (χ2n) is 7.89. The fourth-order valence-electron chi connectivity index (χ4n) is 3.93. The summed E-state index contributed by atoms with van der Waals surface area (Å²) >= 11 is 0. The molecule has 2 aromatic carbocycles. The molecule has 7 nitrogen and oxygen atoms in total. The highest BCUT2D eigenvalue weighted by Gasteiger charge is 2.18. The molecule has 0 fully saturated rings. The van der Waals surface area contributed by atoms with Gasteiger partial charge in [0.2, 0.25) is 0 Å². The minimum atomic E-state index is -0.106. The van der Waals surface area contributed by atoms with Crippen LogP contribution in [0.4, 0.5) is 0 Å². The van der Waals surface area contributed by atoms with E-state index in [1.54, 1.807) is 23.2 Å². The highest BCUT2D eigenvalue weighted by Crippen LogP contribution is 2.34. The fraction of sp³-hybridized carbons (Fsp3) is 0.167. The molecule has 0 atom stereocenters. The number of fused-ring (bicyclic) bond motifs is 1. The van der Waals surface area contributed by atoms with Crippen LogP contribution in [-0.4, -0.2) is 29.5 Å². The number of hydrogen-bond donors (Lipinski definition) is 2. The van der Waals surface area contributed by atoms with E-state index in [9.17, 15) is 4.79 Å². The molecule has 0 spiro atoms. The van der Waals surface area contributed by atoms with Gasteiger partial charge in [-0.3, -0.25) is 9.55 Å². The molecule has 0 bridgehead atoms. The van der Waals surface area contributed by atoms with Crippen molar-refractivity contribution in [2.24, 2.45) is 0 Å². The van der Waals surface area contributed by atoms with E-state index in [2.05, 4.69) is 39.0 Å². The lowest BCUT2D eigenvalue weighted by molar-refractivity contribution is 0.598. The molecule has 0 aliphatic carbocycles. The van der Waals surface area contributed by atoms with Crippen LogP contribution in [0.5, 0.6) is 0 Å². The van der Waals surface area contributed by atoms with Crippen LogP contribution in [0.1, 0.15) is 25.5 Å². The minimum Gasteiger partial charge on any atom is -0.336 e. The largest absolute Gasteiger partial charge is 0.336 e. The highest BCUT2D eigenvalue weighted by atomic mass is 16.1. The molecule has 0 saturated carbocycles. The predicted molar refractivity (Wildman–Crippen MR) is 122 cm³/mol. The standard InChI is InChI=1S/C24H22N6O/c1-14(2)30-20-8-7-17(12-18(20)27-24(30)31)22-21(16-6-4-5-15(3)11-16)28-23(29-22)19-13-25-9-10-26-19/h4-14H,1-3H3,(H,27,31)(H,28,29). The van der Waals surface area contributed by atoms with Crippen molar-refractivity contribution in [1.82, 2.24) is 29.5 Å². The maximum absolute atomic E-state index is 12.4. The third-order valence-electron chi connectivity index (χ3n) is 5.32. The number of benzene rings is 2. The average Bonchev–Trinajstić information content (AvgIpc) is 3.34. The Morgan fingerprint density at radius 2 is 1.87 bits per heavy atom. The third kappa shape index (κ3) is 3.34. The van der Waals surface area contributed by atoms with Gasteiger partial charge in [0.05, 0.1) is 28.6 Å². The van der Waals surface area contributed by atoms with Gasteiger partial charge in [0.1, 0.15) is 5.69 Å². The van der Waals surface area contributed by atoms with Gasteiger partial charge in [0.15, 0.2) is 5.82 Å². The molecular weight excluding hydrogens is 388 g/mol. The Hall–Kier alpha value is -4.00. The second kappa shape index (κ2) is 7.36. The second-order valence-corrected chi connectivity index (χ2v) is 7.89. The van der Waals surface area contributed by atoms with E-state index in [1.807, 2.05) is 44.2 Å². The normalized spacial score (nSPS) is 11.5. The van der Waals surface area contributed by atoms with Gasteiger partial charge in [-0.05, 0) is 39.0 Å². The summed E-state index contributed by atoms with van der Waals surface area (Å²) in [5, 5.41) is 0.